The van der Waals surface area contributed by atoms with Crippen LogP contribution in [0, 0.1) is 13.8 Å². The van der Waals surface area contributed by atoms with E-state index in [0.29, 0.717) is 17.5 Å². The zero-order chi connectivity index (χ0) is 13.0. The molecule has 1 amide bonds. The van der Waals surface area contributed by atoms with Gasteiger partial charge in [0.25, 0.3) is 0 Å². The summed E-state index contributed by atoms with van der Waals surface area (Å²) in [5, 5.41) is 9.15. The van der Waals surface area contributed by atoms with Gasteiger partial charge >= 0.3 is 0 Å². The number of aromatic amines is 1. The maximum absolute atomic E-state index is 11.6. The molecule has 0 aliphatic carbocycles. The summed E-state index contributed by atoms with van der Waals surface area (Å²) >= 11 is 1.49. The monoisotopic (exact) mass is 262 g/mol. The third-order valence-electron chi connectivity index (χ3n) is 2.24. The first-order valence-corrected chi connectivity index (χ1v) is 6.50. The number of amides is 1. The standard InChI is InChI=1S/C12H14N4OS/c1-8-3-5-10(6-4-8)18-7-11(17)14-12-13-9(2)15-16-12/h3-6H,7H2,1-2H3,(H2,13,14,15,16,17). The molecule has 0 atom stereocenters. The van der Waals surface area contributed by atoms with Crippen LogP contribution in [0.25, 0.3) is 0 Å². The number of carbonyl (C=O) groups excluding carboxylic acids is 1. The highest BCUT2D eigenvalue weighted by molar-refractivity contribution is 8.00. The van der Waals surface area contributed by atoms with Crippen molar-refractivity contribution in [3.63, 3.8) is 0 Å². The van der Waals surface area contributed by atoms with Gasteiger partial charge in [0.05, 0.1) is 5.75 Å². The minimum absolute atomic E-state index is 0.112. The highest BCUT2D eigenvalue weighted by Crippen LogP contribution is 2.18. The number of hydrogen-bond donors (Lipinski definition) is 2. The van der Waals surface area contributed by atoms with Crippen LogP contribution >= 0.6 is 11.8 Å². The molecule has 5 nitrogen and oxygen atoms in total. The molecular formula is C12H14N4OS. The van der Waals surface area contributed by atoms with E-state index in [-0.39, 0.29) is 5.91 Å². The average molecular weight is 262 g/mol. The largest absolute Gasteiger partial charge is 0.292 e. The summed E-state index contributed by atoms with van der Waals surface area (Å²) in [5.41, 5.74) is 1.21. The van der Waals surface area contributed by atoms with Crippen molar-refractivity contribution in [2.45, 2.75) is 18.7 Å². The van der Waals surface area contributed by atoms with Crippen LogP contribution in [0.5, 0.6) is 0 Å². The lowest BCUT2D eigenvalue weighted by Gasteiger charge is -2.02. The first-order chi connectivity index (χ1) is 8.63. The van der Waals surface area contributed by atoms with E-state index in [1.54, 1.807) is 6.92 Å². The molecule has 0 aliphatic rings. The smallest absolute Gasteiger partial charge is 0.248 e. The van der Waals surface area contributed by atoms with Crippen LogP contribution in [0.2, 0.25) is 0 Å². The van der Waals surface area contributed by atoms with E-state index < -0.39 is 0 Å². The van der Waals surface area contributed by atoms with E-state index in [0.717, 1.165) is 4.90 Å². The van der Waals surface area contributed by atoms with E-state index >= 15 is 0 Å². The molecule has 2 N–H and O–H groups in total. The van der Waals surface area contributed by atoms with Crippen LogP contribution in [0.3, 0.4) is 0 Å². The van der Waals surface area contributed by atoms with Crippen molar-refractivity contribution in [3.8, 4) is 0 Å². The molecule has 2 aromatic rings. The second-order valence-corrected chi connectivity index (χ2v) is 4.94. The van der Waals surface area contributed by atoms with Crippen molar-refractivity contribution in [2.24, 2.45) is 0 Å². The minimum Gasteiger partial charge on any atom is -0.292 e. The van der Waals surface area contributed by atoms with Gasteiger partial charge in [0.1, 0.15) is 5.82 Å². The first-order valence-electron chi connectivity index (χ1n) is 5.52. The molecule has 0 saturated carbocycles. The Labute approximate surface area is 109 Å². The van der Waals surface area contributed by atoms with Crippen LogP contribution < -0.4 is 5.32 Å². The lowest BCUT2D eigenvalue weighted by Crippen LogP contribution is -2.15. The number of aromatic nitrogens is 3. The number of aryl methyl sites for hydroxylation is 2. The van der Waals surface area contributed by atoms with Crippen molar-refractivity contribution in [3.05, 3.63) is 35.7 Å². The van der Waals surface area contributed by atoms with Crippen molar-refractivity contribution in [1.82, 2.24) is 15.2 Å². The first kappa shape index (κ1) is 12.6. The Kier molecular flexibility index (Phi) is 3.99. The van der Waals surface area contributed by atoms with E-state index in [1.807, 2.05) is 31.2 Å². The molecule has 1 heterocycles. The lowest BCUT2D eigenvalue weighted by atomic mass is 10.2. The van der Waals surface area contributed by atoms with Gasteiger partial charge in [-0.15, -0.1) is 16.9 Å². The van der Waals surface area contributed by atoms with Gasteiger partial charge in [-0.05, 0) is 26.0 Å². The molecule has 6 heteroatoms. The van der Waals surface area contributed by atoms with E-state index in [9.17, 15) is 4.79 Å². The Hall–Kier alpha value is -1.82. The highest BCUT2D eigenvalue weighted by atomic mass is 32.2. The van der Waals surface area contributed by atoms with Gasteiger partial charge in [-0.1, -0.05) is 17.7 Å². The molecule has 0 saturated heterocycles. The van der Waals surface area contributed by atoms with Crippen molar-refractivity contribution >= 4 is 23.6 Å². The normalized spacial score (nSPS) is 10.3. The number of hydrogen-bond acceptors (Lipinski definition) is 4. The molecule has 1 aromatic carbocycles. The molecule has 0 fully saturated rings. The maximum atomic E-state index is 11.6. The second-order valence-electron chi connectivity index (χ2n) is 3.89. The summed E-state index contributed by atoms with van der Waals surface area (Å²) in [5.74, 6) is 1.23. The van der Waals surface area contributed by atoms with Gasteiger partial charge in [0.2, 0.25) is 11.9 Å². The fraction of sp³-hybridized carbons (Fsp3) is 0.250. The second kappa shape index (κ2) is 5.68. The Balaban J connectivity index is 1.83. The minimum atomic E-state index is -0.112. The number of nitrogens with zero attached hydrogens (tertiary/aromatic N) is 2. The van der Waals surface area contributed by atoms with Crippen LogP contribution in [-0.2, 0) is 4.79 Å². The number of anilines is 1. The molecule has 0 bridgehead atoms. The van der Waals surface area contributed by atoms with Crippen molar-refractivity contribution in [2.75, 3.05) is 11.1 Å². The zero-order valence-electron chi connectivity index (χ0n) is 10.2. The van der Waals surface area contributed by atoms with Gasteiger partial charge in [-0.25, -0.2) is 0 Å². The number of nitrogens with one attached hydrogen (secondary N) is 2. The Bertz CT molecular complexity index is 535. The van der Waals surface area contributed by atoms with Gasteiger partial charge < -0.3 is 0 Å². The quantitative estimate of drug-likeness (QED) is 0.828. The summed E-state index contributed by atoms with van der Waals surface area (Å²) in [4.78, 5) is 16.7. The number of benzene rings is 1. The Morgan fingerprint density at radius 2 is 2.06 bits per heavy atom. The summed E-state index contributed by atoms with van der Waals surface area (Å²) in [7, 11) is 0. The maximum Gasteiger partial charge on any atom is 0.248 e. The predicted octanol–water partition coefficient (Wildman–Crippen LogP) is 2.15. The van der Waals surface area contributed by atoms with Gasteiger partial charge in [-0.3, -0.25) is 15.2 Å². The Morgan fingerprint density at radius 1 is 1.33 bits per heavy atom. The predicted molar refractivity (Wildman–Crippen MR) is 71.7 cm³/mol. The molecule has 0 radical (unpaired) electrons. The average Bonchev–Trinajstić information content (AvgIpc) is 2.74. The van der Waals surface area contributed by atoms with E-state index in [4.69, 9.17) is 0 Å². The third kappa shape index (κ3) is 3.59. The van der Waals surface area contributed by atoms with Crippen molar-refractivity contribution < 1.29 is 4.79 Å². The number of H-pyrrole nitrogens is 1. The molecule has 0 unspecified atom stereocenters. The summed E-state index contributed by atoms with van der Waals surface area (Å²) < 4.78 is 0. The molecule has 0 spiro atoms. The third-order valence-corrected chi connectivity index (χ3v) is 3.25. The van der Waals surface area contributed by atoms with Gasteiger partial charge in [-0.2, -0.15) is 4.98 Å². The molecule has 94 valence electrons. The van der Waals surface area contributed by atoms with Crippen LogP contribution in [0.4, 0.5) is 5.95 Å². The topological polar surface area (TPSA) is 70.7 Å². The zero-order valence-corrected chi connectivity index (χ0v) is 11.0. The SMILES string of the molecule is Cc1ccc(SCC(=O)Nc2n[nH]c(C)n2)cc1. The summed E-state index contributed by atoms with van der Waals surface area (Å²) in [6.45, 7) is 3.82. The van der Waals surface area contributed by atoms with E-state index in [1.165, 1.54) is 17.3 Å². The number of thioether (sulfide) groups is 1. The summed E-state index contributed by atoms with van der Waals surface area (Å²) in [6, 6.07) is 8.06. The molecule has 0 aliphatic heterocycles. The van der Waals surface area contributed by atoms with Crippen LogP contribution in [0.15, 0.2) is 29.2 Å². The molecule has 1 aromatic heterocycles. The van der Waals surface area contributed by atoms with Crippen LogP contribution in [0.1, 0.15) is 11.4 Å². The Morgan fingerprint density at radius 3 is 2.67 bits per heavy atom. The number of rotatable bonds is 4. The van der Waals surface area contributed by atoms with Gasteiger partial charge in [0, 0.05) is 4.90 Å². The summed E-state index contributed by atoms with van der Waals surface area (Å²) in [6.07, 6.45) is 0. The highest BCUT2D eigenvalue weighted by Gasteiger charge is 2.06. The lowest BCUT2D eigenvalue weighted by molar-refractivity contribution is -0.113. The molecular weight excluding hydrogens is 248 g/mol. The fourth-order valence-corrected chi connectivity index (χ4v) is 2.04. The fourth-order valence-electron chi connectivity index (χ4n) is 1.34. The van der Waals surface area contributed by atoms with Crippen LogP contribution in [-0.4, -0.2) is 26.8 Å². The van der Waals surface area contributed by atoms with Crippen molar-refractivity contribution in [1.29, 1.82) is 0 Å². The van der Waals surface area contributed by atoms with Gasteiger partial charge in [0.15, 0.2) is 0 Å². The van der Waals surface area contributed by atoms with E-state index in [2.05, 4.69) is 20.5 Å². The molecule has 2 rings (SSSR count). The molecule has 18 heavy (non-hydrogen) atoms. The number of carbonyl (C=O) groups is 1.